The standard InChI is InChI=1S/C23H21Cl3N2O3S/c24-18-8-6-17(7-9-18)3-2-14-27-23(29)16-28(21-5-1-4-20(26)15-21)32(30,31)22-12-10-19(25)11-13-22/h1,4-13,15H,2-3,14,16H2,(H,27,29). The molecule has 0 saturated heterocycles. The third kappa shape index (κ3) is 6.62. The Morgan fingerprint density at radius 1 is 0.844 bits per heavy atom. The molecule has 3 rings (SSSR count). The zero-order chi connectivity index (χ0) is 23.1. The van der Waals surface area contributed by atoms with E-state index in [0.717, 1.165) is 16.3 Å². The molecule has 0 aliphatic carbocycles. The van der Waals surface area contributed by atoms with Gasteiger partial charge in [-0.2, -0.15) is 0 Å². The van der Waals surface area contributed by atoms with Crippen LogP contribution in [0.5, 0.6) is 0 Å². The van der Waals surface area contributed by atoms with Gasteiger partial charge >= 0.3 is 0 Å². The van der Waals surface area contributed by atoms with Crippen LogP contribution in [0.25, 0.3) is 0 Å². The van der Waals surface area contributed by atoms with Gasteiger partial charge in [-0.15, -0.1) is 0 Å². The molecule has 0 saturated carbocycles. The van der Waals surface area contributed by atoms with E-state index in [0.29, 0.717) is 33.7 Å². The average molecular weight is 512 g/mol. The third-order valence-corrected chi connectivity index (χ3v) is 7.19. The molecule has 1 N–H and O–H groups in total. The molecule has 0 unspecified atom stereocenters. The summed E-state index contributed by atoms with van der Waals surface area (Å²) in [5.41, 5.74) is 1.40. The highest BCUT2D eigenvalue weighted by Gasteiger charge is 2.27. The second-order valence-electron chi connectivity index (χ2n) is 7.03. The van der Waals surface area contributed by atoms with E-state index in [2.05, 4.69) is 5.32 Å². The maximum atomic E-state index is 13.3. The topological polar surface area (TPSA) is 66.5 Å². The summed E-state index contributed by atoms with van der Waals surface area (Å²) in [5, 5.41) is 4.23. The smallest absolute Gasteiger partial charge is 0.264 e. The van der Waals surface area contributed by atoms with E-state index in [-0.39, 0.29) is 11.4 Å². The highest BCUT2D eigenvalue weighted by atomic mass is 35.5. The first-order chi connectivity index (χ1) is 15.3. The molecule has 1 amide bonds. The van der Waals surface area contributed by atoms with Crippen LogP contribution in [0.3, 0.4) is 0 Å². The number of nitrogens with zero attached hydrogens (tertiary/aromatic N) is 1. The molecule has 3 aromatic rings. The zero-order valence-corrected chi connectivity index (χ0v) is 20.1. The van der Waals surface area contributed by atoms with E-state index in [1.807, 2.05) is 24.3 Å². The van der Waals surface area contributed by atoms with Crippen LogP contribution in [0.1, 0.15) is 12.0 Å². The zero-order valence-electron chi connectivity index (χ0n) is 17.0. The number of halogens is 3. The normalized spacial score (nSPS) is 11.2. The molecule has 0 radical (unpaired) electrons. The highest BCUT2D eigenvalue weighted by Crippen LogP contribution is 2.26. The lowest BCUT2D eigenvalue weighted by Crippen LogP contribution is -2.41. The first kappa shape index (κ1) is 24.4. The number of aryl methyl sites for hydroxylation is 1. The summed E-state index contributed by atoms with van der Waals surface area (Å²) in [6, 6.07) is 19.6. The number of amides is 1. The fourth-order valence-corrected chi connectivity index (χ4v) is 4.89. The molecule has 0 aliphatic rings. The molecule has 0 fully saturated rings. The number of hydrogen-bond donors (Lipinski definition) is 1. The van der Waals surface area contributed by atoms with Crippen LogP contribution < -0.4 is 9.62 Å². The molecule has 32 heavy (non-hydrogen) atoms. The average Bonchev–Trinajstić information content (AvgIpc) is 2.76. The Labute approximate surface area is 203 Å². The number of nitrogens with one attached hydrogen (secondary N) is 1. The molecule has 0 aliphatic heterocycles. The van der Waals surface area contributed by atoms with E-state index >= 15 is 0 Å². The maximum absolute atomic E-state index is 13.3. The number of carbonyl (C=O) groups excluding carboxylic acids is 1. The Balaban J connectivity index is 1.70. The molecule has 0 bridgehead atoms. The van der Waals surface area contributed by atoms with E-state index in [4.69, 9.17) is 34.8 Å². The van der Waals surface area contributed by atoms with Crippen LogP contribution in [0.2, 0.25) is 15.1 Å². The van der Waals surface area contributed by atoms with Crippen LogP contribution in [0.15, 0.2) is 77.7 Å². The Morgan fingerprint density at radius 3 is 2.09 bits per heavy atom. The van der Waals surface area contributed by atoms with Gasteiger partial charge in [0.15, 0.2) is 0 Å². The summed E-state index contributed by atoms with van der Waals surface area (Å²) in [4.78, 5) is 12.6. The predicted octanol–water partition coefficient (Wildman–Crippen LogP) is 5.59. The van der Waals surface area contributed by atoms with Gasteiger partial charge in [0.25, 0.3) is 10.0 Å². The number of anilines is 1. The van der Waals surface area contributed by atoms with Gasteiger partial charge in [0.2, 0.25) is 5.91 Å². The Hall–Kier alpha value is -2.25. The van der Waals surface area contributed by atoms with Crippen molar-refractivity contribution >= 4 is 56.4 Å². The van der Waals surface area contributed by atoms with Gasteiger partial charge in [-0.25, -0.2) is 8.42 Å². The second kappa shape index (κ2) is 11.1. The summed E-state index contributed by atoms with van der Waals surface area (Å²) in [6.45, 7) is 0.0259. The van der Waals surface area contributed by atoms with E-state index < -0.39 is 15.9 Å². The molecule has 168 valence electrons. The van der Waals surface area contributed by atoms with Gasteiger partial charge in [0.1, 0.15) is 6.54 Å². The lowest BCUT2D eigenvalue weighted by molar-refractivity contribution is -0.119. The summed E-state index contributed by atoms with van der Waals surface area (Å²) >= 11 is 17.8. The molecule has 0 aromatic heterocycles. The van der Waals surface area contributed by atoms with E-state index in [1.165, 1.54) is 30.3 Å². The fourth-order valence-electron chi connectivity index (χ4n) is 3.04. The molecular formula is C23H21Cl3N2O3S. The first-order valence-electron chi connectivity index (χ1n) is 9.81. The molecule has 0 heterocycles. The first-order valence-corrected chi connectivity index (χ1v) is 12.4. The number of rotatable bonds is 9. The van der Waals surface area contributed by atoms with Crippen molar-refractivity contribution in [1.82, 2.24) is 5.32 Å². The minimum Gasteiger partial charge on any atom is -0.355 e. The highest BCUT2D eigenvalue weighted by molar-refractivity contribution is 7.92. The van der Waals surface area contributed by atoms with Gasteiger partial charge in [0, 0.05) is 21.6 Å². The predicted molar refractivity (Wildman–Crippen MR) is 130 cm³/mol. The number of hydrogen-bond acceptors (Lipinski definition) is 3. The number of benzene rings is 3. The lowest BCUT2D eigenvalue weighted by atomic mass is 10.1. The van der Waals surface area contributed by atoms with Crippen molar-refractivity contribution in [2.24, 2.45) is 0 Å². The van der Waals surface area contributed by atoms with E-state index in [1.54, 1.807) is 18.2 Å². The lowest BCUT2D eigenvalue weighted by Gasteiger charge is -2.24. The SMILES string of the molecule is O=C(CN(c1cccc(Cl)c1)S(=O)(=O)c1ccc(Cl)cc1)NCCCc1ccc(Cl)cc1. The molecule has 0 atom stereocenters. The molecule has 0 spiro atoms. The maximum Gasteiger partial charge on any atom is 0.264 e. The minimum absolute atomic E-state index is 0.0254. The van der Waals surface area contributed by atoms with Gasteiger partial charge < -0.3 is 5.32 Å². The quantitative estimate of drug-likeness (QED) is 0.381. The largest absolute Gasteiger partial charge is 0.355 e. The van der Waals surface area contributed by atoms with Crippen molar-refractivity contribution in [3.8, 4) is 0 Å². The van der Waals surface area contributed by atoms with Gasteiger partial charge in [0.05, 0.1) is 10.6 Å². The van der Waals surface area contributed by atoms with Crippen molar-refractivity contribution in [2.75, 3.05) is 17.4 Å². The van der Waals surface area contributed by atoms with Crippen molar-refractivity contribution < 1.29 is 13.2 Å². The molecule has 5 nitrogen and oxygen atoms in total. The Morgan fingerprint density at radius 2 is 1.47 bits per heavy atom. The van der Waals surface area contributed by atoms with Crippen LogP contribution in [-0.4, -0.2) is 27.4 Å². The third-order valence-electron chi connectivity index (χ3n) is 4.66. The van der Waals surface area contributed by atoms with Crippen LogP contribution in [-0.2, 0) is 21.2 Å². The fraction of sp³-hybridized carbons (Fsp3) is 0.174. The van der Waals surface area contributed by atoms with Gasteiger partial charge in [-0.3, -0.25) is 9.10 Å². The van der Waals surface area contributed by atoms with Crippen LogP contribution in [0.4, 0.5) is 5.69 Å². The summed E-state index contributed by atoms with van der Waals surface area (Å²) in [7, 11) is -4.02. The van der Waals surface area contributed by atoms with Gasteiger partial charge in [-0.1, -0.05) is 53.0 Å². The van der Waals surface area contributed by atoms with Crippen molar-refractivity contribution in [3.05, 3.63) is 93.4 Å². The van der Waals surface area contributed by atoms with Crippen LogP contribution in [0, 0.1) is 0 Å². The summed E-state index contributed by atoms with van der Waals surface area (Å²) in [6.07, 6.45) is 1.47. The van der Waals surface area contributed by atoms with Crippen molar-refractivity contribution in [3.63, 3.8) is 0 Å². The molecular weight excluding hydrogens is 491 g/mol. The molecule has 3 aromatic carbocycles. The Bertz CT molecular complexity index is 1170. The van der Waals surface area contributed by atoms with Crippen molar-refractivity contribution in [2.45, 2.75) is 17.7 Å². The Kier molecular flexibility index (Phi) is 8.43. The second-order valence-corrected chi connectivity index (χ2v) is 10.2. The minimum atomic E-state index is -4.02. The van der Waals surface area contributed by atoms with Crippen LogP contribution >= 0.6 is 34.8 Å². The number of carbonyl (C=O) groups is 1. The molecule has 9 heteroatoms. The number of sulfonamides is 1. The van der Waals surface area contributed by atoms with E-state index in [9.17, 15) is 13.2 Å². The van der Waals surface area contributed by atoms with Gasteiger partial charge in [-0.05, 0) is 73.0 Å². The summed E-state index contributed by atoms with van der Waals surface area (Å²) in [5.74, 6) is -0.418. The summed E-state index contributed by atoms with van der Waals surface area (Å²) < 4.78 is 27.6. The van der Waals surface area contributed by atoms with Crippen molar-refractivity contribution in [1.29, 1.82) is 0 Å². The monoisotopic (exact) mass is 510 g/mol.